The van der Waals surface area contributed by atoms with Crippen LogP contribution in [0.2, 0.25) is 0 Å². The van der Waals surface area contributed by atoms with Crippen LogP contribution in [0.1, 0.15) is 56.9 Å². The van der Waals surface area contributed by atoms with Gasteiger partial charge in [-0.3, -0.25) is 4.79 Å². The number of carbonyl (C=O) groups is 1. The Kier molecular flexibility index (Phi) is 5.31. The third-order valence-corrected chi connectivity index (χ3v) is 5.20. The van der Waals surface area contributed by atoms with Gasteiger partial charge in [-0.1, -0.05) is 68.5 Å². The highest BCUT2D eigenvalue weighted by molar-refractivity contribution is 5.78. The lowest BCUT2D eigenvalue weighted by Crippen LogP contribution is -2.34. The van der Waals surface area contributed by atoms with Gasteiger partial charge in [-0.15, -0.1) is 0 Å². The van der Waals surface area contributed by atoms with Gasteiger partial charge in [0, 0.05) is 19.5 Å². The number of carbonyl (C=O) groups excluding carboxylic acids is 1. The smallest absolute Gasteiger partial charge is 0.222 e. The van der Waals surface area contributed by atoms with Gasteiger partial charge >= 0.3 is 0 Å². The molecule has 0 N–H and O–H groups in total. The van der Waals surface area contributed by atoms with Crippen molar-refractivity contribution in [1.29, 1.82) is 0 Å². The van der Waals surface area contributed by atoms with Gasteiger partial charge in [0.25, 0.3) is 0 Å². The van der Waals surface area contributed by atoms with Crippen LogP contribution in [0.5, 0.6) is 0 Å². The van der Waals surface area contributed by atoms with Gasteiger partial charge in [0.2, 0.25) is 5.91 Å². The minimum absolute atomic E-state index is 0.355. The minimum Gasteiger partial charge on any atom is -0.339 e. The van der Waals surface area contributed by atoms with E-state index in [2.05, 4.69) is 30.3 Å². The lowest BCUT2D eigenvalue weighted by atomic mass is 9.86. The van der Waals surface area contributed by atoms with Crippen molar-refractivity contribution in [3.63, 3.8) is 0 Å². The summed E-state index contributed by atoms with van der Waals surface area (Å²) in [6.45, 7) is 1.66. The van der Waals surface area contributed by atoms with Crippen molar-refractivity contribution in [2.75, 3.05) is 13.1 Å². The van der Waals surface area contributed by atoms with Crippen molar-refractivity contribution < 1.29 is 4.79 Å². The molecule has 3 rings (SSSR count). The molecular weight excluding hydrogens is 270 g/mol. The second-order valence-electron chi connectivity index (χ2n) is 6.73. The van der Waals surface area contributed by atoms with Gasteiger partial charge in [-0.2, -0.15) is 0 Å². The highest BCUT2D eigenvalue weighted by Gasteiger charge is 2.20. The molecule has 1 heterocycles. The van der Waals surface area contributed by atoms with Crippen molar-refractivity contribution in [1.82, 2.24) is 4.90 Å². The Bertz CT molecular complexity index is 514. The lowest BCUT2D eigenvalue weighted by Gasteiger charge is -2.28. The number of benzene rings is 1. The zero-order valence-corrected chi connectivity index (χ0v) is 13.5. The van der Waals surface area contributed by atoms with Crippen LogP contribution in [0, 0.1) is 5.92 Å². The average molecular weight is 297 g/mol. The van der Waals surface area contributed by atoms with E-state index in [1.807, 2.05) is 11.0 Å². The van der Waals surface area contributed by atoms with Crippen LogP contribution in [0.25, 0.3) is 5.57 Å². The molecule has 0 aromatic heterocycles. The lowest BCUT2D eigenvalue weighted by molar-refractivity contribution is -0.131. The predicted molar refractivity (Wildman–Crippen MR) is 91.4 cm³/mol. The number of rotatable bonds is 4. The monoisotopic (exact) mass is 297 g/mol. The highest BCUT2D eigenvalue weighted by Crippen LogP contribution is 2.28. The SMILES string of the molecule is O=C(CCC1CCCCC1)N1CC=C(c2ccccc2)CC1. The van der Waals surface area contributed by atoms with Crippen LogP contribution >= 0.6 is 0 Å². The molecule has 1 saturated carbocycles. The van der Waals surface area contributed by atoms with Gasteiger partial charge < -0.3 is 4.90 Å². The van der Waals surface area contributed by atoms with Crippen molar-refractivity contribution in [3.8, 4) is 0 Å². The third-order valence-electron chi connectivity index (χ3n) is 5.20. The van der Waals surface area contributed by atoms with Gasteiger partial charge in [0.15, 0.2) is 0 Å². The molecule has 2 aliphatic rings. The summed E-state index contributed by atoms with van der Waals surface area (Å²) >= 11 is 0. The Morgan fingerprint density at radius 1 is 1.09 bits per heavy atom. The van der Waals surface area contributed by atoms with E-state index in [4.69, 9.17) is 0 Å². The second-order valence-corrected chi connectivity index (χ2v) is 6.73. The standard InChI is InChI=1S/C20H27NO/c22-20(12-11-17-7-3-1-4-8-17)21-15-13-19(14-16-21)18-9-5-2-6-10-18/h2,5-6,9-10,13,17H,1,3-4,7-8,11-12,14-16H2. The Morgan fingerprint density at radius 3 is 2.55 bits per heavy atom. The second kappa shape index (κ2) is 7.62. The van der Waals surface area contributed by atoms with Crippen LogP contribution < -0.4 is 0 Å². The van der Waals surface area contributed by atoms with Crippen LogP contribution in [0.3, 0.4) is 0 Å². The van der Waals surface area contributed by atoms with Crippen molar-refractivity contribution in [2.24, 2.45) is 5.92 Å². The van der Waals surface area contributed by atoms with Gasteiger partial charge in [0.05, 0.1) is 0 Å². The zero-order chi connectivity index (χ0) is 15.2. The summed E-state index contributed by atoms with van der Waals surface area (Å²) in [5.41, 5.74) is 2.69. The molecule has 1 amide bonds. The number of nitrogens with zero attached hydrogens (tertiary/aromatic N) is 1. The fourth-order valence-electron chi connectivity index (χ4n) is 3.77. The molecule has 0 spiro atoms. The van der Waals surface area contributed by atoms with E-state index in [9.17, 15) is 4.79 Å². The minimum atomic E-state index is 0.355. The van der Waals surface area contributed by atoms with E-state index in [1.54, 1.807) is 0 Å². The zero-order valence-electron chi connectivity index (χ0n) is 13.5. The van der Waals surface area contributed by atoms with Crippen molar-refractivity contribution in [3.05, 3.63) is 42.0 Å². The number of hydrogen-bond acceptors (Lipinski definition) is 1. The van der Waals surface area contributed by atoms with Crippen LogP contribution in [-0.2, 0) is 4.79 Å². The molecule has 1 aromatic carbocycles. The molecular formula is C20H27NO. The molecule has 0 radical (unpaired) electrons. The highest BCUT2D eigenvalue weighted by atomic mass is 16.2. The molecule has 118 valence electrons. The Labute approximate surface area is 134 Å². The summed E-state index contributed by atoms with van der Waals surface area (Å²) in [6, 6.07) is 10.5. The van der Waals surface area contributed by atoms with Crippen LogP contribution in [0.15, 0.2) is 36.4 Å². The Hall–Kier alpha value is -1.57. The summed E-state index contributed by atoms with van der Waals surface area (Å²) < 4.78 is 0. The first kappa shape index (κ1) is 15.3. The molecule has 1 aromatic rings. The summed E-state index contributed by atoms with van der Waals surface area (Å²) in [7, 11) is 0. The van der Waals surface area contributed by atoms with Gasteiger partial charge in [-0.05, 0) is 29.9 Å². The topological polar surface area (TPSA) is 20.3 Å². The molecule has 22 heavy (non-hydrogen) atoms. The van der Waals surface area contributed by atoms with E-state index >= 15 is 0 Å². The molecule has 2 heteroatoms. The van der Waals surface area contributed by atoms with E-state index in [-0.39, 0.29) is 0 Å². The third kappa shape index (κ3) is 4.00. The summed E-state index contributed by atoms with van der Waals surface area (Å²) in [6.07, 6.45) is 11.9. The fourth-order valence-corrected chi connectivity index (χ4v) is 3.77. The average Bonchev–Trinajstić information content (AvgIpc) is 2.61. The summed E-state index contributed by atoms with van der Waals surface area (Å²) in [5.74, 6) is 1.16. The maximum Gasteiger partial charge on any atom is 0.222 e. The number of amides is 1. The van der Waals surface area contributed by atoms with E-state index in [0.29, 0.717) is 5.91 Å². The molecule has 0 saturated heterocycles. The normalized spacial score (nSPS) is 19.8. The number of hydrogen-bond donors (Lipinski definition) is 0. The fraction of sp³-hybridized carbons (Fsp3) is 0.550. The molecule has 1 aliphatic heterocycles. The Morgan fingerprint density at radius 2 is 1.86 bits per heavy atom. The van der Waals surface area contributed by atoms with E-state index in [0.717, 1.165) is 38.3 Å². The maximum atomic E-state index is 12.4. The van der Waals surface area contributed by atoms with E-state index < -0.39 is 0 Å². The van der Waals surface area contributed by atoms with E-state index in [1.165, 1.54) is 43.2 Å². The van der Waals surface area contributed by atoms with Gasteiger partial charge in [0.1, 0.15) is 0 Å². The molecule has 0 unspecified atom stereocenters. The molecule has 0 bridgehead atoms. The maximum absolute atomic E-state index is 12.4. The Balaban J connectivity index is 1.48. The first-order valence-corrected chi connectivity index (χ1v) is 8.85. The van der Waals surface area contributed by atoms with Crippen LogP contribution in [-0.4, -0.2) is 23.9 Å². The van der Waals surface area contributed by atoms with Crippen molar-refractivity contribution >= 4 is 11.5 Å². The van der Waals surface area contributed by atoms with Gasteiger partial charge in [-0.25, -0.2) is 0 Å². The summed E-state index contributed by atoms with van der Waals surface area (Å²) in [4.78, 5) is 14.4. The molecule has 1 aliphatic carbocycles. The first-order chi connectivity index (χ1) is 10.8. The van der Waals surface area contributed by atoms with Crippen LogP contribution in [0.4, 0.5) is 0 Å². The molecule has 2 nitrogen and oxygen atoms in total. The molecule has 0 atom stereocenters. The predicted octanol–water partition coefficient (Wildman–Crippen LogP) is 4.66. The largest absolute Gasteiger partial charge is 0.339 e. The molecule has 1 fully saturated rings. The first-order valence-electron chi connectivity index (χ1n) is 8.85. The quantitative estimate of drug-likeness (QED) is 0.791. The summed E-state index contributed by atoms with van der Waals surface area (Å²) in [5, 5.41) is 0. The van der Waals surface area contributed by atoms with Crippen molar-refractivity contribution in [2.45, 2.75) is 51.4 Å².